The molecule has 1 aromatic carbocycles. The van der Waals surface area contributed by atoms with Crippen LogP contribution in [0, 0.1) is 5.82 Å². The van der Waals surface area contributed by atoms with Crippen molar-refractivity contribution in [2.24, 2.45) is 0 Å². The van der Waals surface area contributed by atoms with Crippen LogP contribution in [0.2, 0.25) is 0 Å². The van der Waals surface area contributed by atoms with E-state index in [1.807, 2.05) is 0 Å². The molecule has 0 saturated carbocycles. The van der Waals surface area contributed by atoms with Crippen LogP contribution >= 0.6 is 0 Å². The molecule has 76 valence electrons. The molecule has 1 heterocycles. The van der Waals surface area contributed by atoms with Gasteiger partial charge in [-0.05, 0) is 31.5 Å². The Labute approximate surface area is 82.1 Å². The maximum atomic E-state index is 14.1. The van der Waals surface area contributed by atoms with E-state index in [1.54, 1.807) is 12.1 Å². The number of nitrogens with one attached hydrogen (secondary N) is 1. The molecule has 0 bridgehead atoms. The van der Waals surface area contributed by atoms with Crippen LogP contribution in [0.4, 0.5) is 8.78 Å². The van der Waals surface area contributed by atoms with E-state index in [9.17, 15) is 8.78 Å². The van der Waals surface area contributed by atoms with Crippen LogP contribution < -0.4 is 5.32 Å². The normalized spacial score (nSPS) is 26.8. The molecule has 1 N–H and O–H groups in total. The molecule has 1 aromatic rings. The van der Waals surface area contributed by atoms with Crippen molar-refractivity contribution in [3.8, 4) is 0 Å². The van der Waals surface area contributed by atoms with Gasteiger partial charge in [-0.15, -0.1) is 0 Å². The highest BCUT2D eigenvalue weighted by molar-refractivity contribution is 5.34. The van der Waals surface area contributed by atoms with Gasteiger partial charge in [0.15, 0.2) is 0 Å². The molecule has 0 fully saturated rings. The number of benzene rings is 1. The van der Waals surface area contributed by atoms with Gasteiger partial charge < -0.3 is 5.32 Å². The minimum Gasteiger partial charge on any atom is -0.313 e. The summed E-state index contributed by atoms with van der Waals surface area (Å²) in [7, 11) is 0. The van der Waals surface area contributed by atoms with Gasteiger partial charge in [0.25, 0.3) is 0 Å². The minimum absolute atomic E-state index is 0.227. The molecule has 1 nitrogen and oxygen atoms in total. The van der Waals surface area contributed by atoms with E-state index in [0.717, 1.165) is 5.56 Å². The summed E-state index contributed by atoms with van der Waals surface area (Å²) in [6, 6.07) is 4.72. The van der Waals surface area contributed by atoms with Crippen molar-refractivity contribution in [1.29, 1.82) is 0 Å². The number of hydrogen-bond donors (Lipinski definition) is 1. The van der Waals surface area contributed by atoms with Crippen molar-refractivity contribution in [2.45, 2.75) is 25.6 Å². The monoisotopic (exact) mass is 197 g/mol. The molecule has 0 aromatic heterocycles. The lowest BCUT2D eigenvalue weighted by Gasteiger charge is -2.20. The Bertz CT molecular complexity index is 347. The number of fused-ring (bicyclic) bond motifs is 1. The number of halogens is 2. The van der Waals surface area contributed by atoms with E-state index in [-0.39, 0.29) is 5.56 Å². The summed E-state index contributed by atoms with van der Waals surface area (Å²) in [4.78, 5) is 0. The molecule has 3 heteroatoms. The van der Waals surface area contributed by atoms with Crippen molar-refractivity contribution >= 4 is 0 Å². The Morgan fingerprint density at radius 3 is 3.00 bits per heavy atom. The zero-order valence-corrected chi connectivity index (χ0v) is 8.11. The fourth-order valence-electron chi connectivity index (χ4n) is 1.97. The van der Waals surface area contributed by atoms with Gasteiger partial charge in [0.2, 0.25) is 0 Å². The van der Waals surface area contributed by atoms with E-state index < -0.39 is 11.5 Å². The van der Waals surface area contributed by atoms with Crippen LogP contribution in [0.3, 0.4) is 0 Å². The summed E-state index contributed by atoms with van der Waals surface area (Å²) in [6.07, 6.45) is 0.320. The fraction of sp³-hybridized carbons (Fsp3) is 0.455. The van der Waals surface area contributed by atoms with Crippen molar-refractivity contribution in [3.63, 3.8) is 0 Å². The molecule has 0 spiro atoms. The Balaban J connectivity index is 2.58. The second-order valence-electron chi connectivity index (χ2n) is 3.90. The van der Waals surface area contributed by atoms with Crippen LogP contribution in [-0.2, 0) is 12.2 Å². The molecule has 14 heavy (non-hydrogen) atoms. The molecule has 0 amide bonds. The van der Waals surface area contributed by atoms with Gasteiger partial charge in [-0.1, -0.05) is 12.1 Å². The lowest BCUT2D eigenvalue weighted by atomic mass is 9.91. The fourth-order valence-corrected chi connectivity index (χ4v) is 1.97. The van der Waals surface area contributed by atoms with Gasteiger partial charge in [-0.25, -0.2) is 8.78 Å². The average Bonchev–Trinajstić information content (AvgIpc) is 2.25. The minimum atomic E-state index is -1.55. The third kappa shape index (κ3) is 1.52. The maximum Gasteiger partial charge on any atom is 0.137 e. The van der Waals surface area contributed by atoms with Crippen molar-refractivity contribution in [2.75, 3.05) is 6.54 Å². The summed E-state index contributed by atoms with van der Waals surface area (Å²) in [5.41, 5.74) is -0.595. The molecule has 0 radical (unpaired) electrons. The van der Waals surface area contributed by atoms with Crippen LogP contribution in [0.15, 0.2) is 18.2 Å². The number of rotatable bonds is 0. The van der Waals surface area contributed by atoms with E-state index in [2.05, 4.69) is 5.32 Å². The Morgan fingerprint density at radius 1 is 1.43 bits per heavy atom. The first-order valence-electron chi connectivity index (χ1n) is 4.79. The summed E-state index contributed by atoms with van der Waals surface area (Å²) in [6.45, 7) is 2.58. The first-order chi connectivity index (χ1) is 6.61. The van der Waals surface area contributed by atoms with Gasteiger partial charge in [-0.3, -0.25) is 0 Å². The van der Waals surface area contributed by atoms with Gasteiger partial charge in [0, 0.05) is 12.1 Å². The lowest BCUT2D eigenvalue weighted by Crippen LogP contribution is -2.20. The summed E-state index contributed by atoms with van der Waals surface area (Å²) in [5, 5.41) is 3.08. The van der Waals surface area contributed by atoms with Crippen molar-refractivity contribution < 1.29 is 8.78 Å². The summed E-state index contributed by atoms with van der Waals surface area (Å²) in [5.74, 6) is -0.434. The smallest absolute Gasteiger partial charge is 0.137 e. The predicted molar refractivity (Wildman–Crippen MR) is 51.2 cm³/mol. The first kappa shape index (κ1) is 9.59. The van der Waals surface area contributed by atoms with E-state index in [1.165, 1.54) is 13.0 Å². The van der Waals surface area contributed by atoms with Gasteiger partial charge >= 0.3 is 0 Å². The molecular formula is C11H13F2N. The van der Waals surface area contributed by atoms with Gasteiger partial charge in [0.1, 0.15) is 11.5 Å². The zero-order chi connectivity index (χ0) is 10.2. The third-order valence-corrected chi connectivity index (χ3v) is 2.71. The van der Waals surface area contributed by atoms with Crippen LogP contribution in [0.25, 0.3) is 0 Å². The van der Waals surface area contributed by atoms with Crippen LogP contribution in [-0.4, -0.2) is 6.54 Å². The highest BCUT2D eigenvalue weighted by atomic mass is 19.1. The molecule has 2 rings (SSSR count). The highest BCUT2D eigenvalue weighted by Gasteiger charge is 2.32. The van der Waals surface area contributed by atoms with E-state index in [4.69, 9.17) is 0 Å². The molecular weight excluding hydrogens is 184 g/mol. The van der Waals surface area contributed by atoms with Gasteiger partial charge in [0.05, 0.1) is 0 Å². The molecule has 0 saturated heterocycles. The zero-order valence-electron chi connectivity index (χ0n) is 8.11. The first-order valence-corrected chi connectivity index (χ1v) is 4.79. The standard InChI is InChI=1S/C11H13F2N/c1-11(13)5-6-14-7-8-3-2-4-9(12)10(8)11/h2-4,14H,5-7H2,1H3. The average molecular weight is 197 g/mol. The van der Waals surface area contributed by atoms with E-state index >= 15 is 0 Å². The number of alkyl halides is 1. The van der Waals surface area contributed by atoms with Crippen molar-refractivity contribution in [3.05, 3.63) is 35.1 Å². The second-order valence-corrected chi connectivity index (χ2v) is 3.90. The molecule has 1 aliphatic rings. The Kier molecular flexibility index (Phi) is 2.27. The summed E-state index contributed by atoms with van der Waals surface area (Å²) < 4.78 is 27.6. The maximum absolute atomic E-state index is 14.1. The van der Waals surface area contributed by atoms with Gasteiger partial charge in [-0.2, -0.15) is 0 Å². The molecule has 1 aliphatic heterocycles. The highest BCUT2D eigenvalue weighted by Crippen LogP contribution is 2.35. The molecule has 1 atom stereocenters. The van der Waals surface area contributed by atoms with Crippen LogP contribution in [0.1, 0.15) is 24.5 Å². The number of hydrogen-bond acceptors (Lipinski definition) is 1. The molecule has 1 unspecified atom stereocenters. The lowest BCUT2D eigenvalue weighted by molar-refractivity contribution is 0.174. The quantitative estimate of drug-likeness (QED) is 0.673. The van der Waals surface area contributed by atoms with Crippen molar-refractivity contribution in [1.82, 2.24) is 5.32 Å². The SMILES string of the molecule is CC1(F)CCNCc2cccc(F)c21. The molecule has 0 aliphatic carbocycles. The third-order valence-electron chi connectivity index (χ3n) is 2.71. The Morgan fingerprint density at radius 2 is 2.21 bits per heavy atom. The topological polar surface area (TPSA) is 12.0 Å². The second kappa shape index (κ2) is 3.31. The van der Waals surface area contributed by atoms with Crippen LogP contribution in [0.5, 0.6) is 0 Å². The largest absolute Gasteiger partial charge is 0.313 e. The Hall–Kier alpha value is -0.960. The van der Waals surface area contributed by atoms with E-state index in [0.29, 0.717) is 19.5 Å². The summed E-state index contributed by atoms with van der Waals surface area (Å²) >= 11 is 0. The predicted octanol–water partition coefficient (Wildman–Crippen LogP) is 2.50.